The fourth-order valence-corrected chi connectivity index (χ4v) is 3.40. The molecule has 102 valence electrons. The Bertz CT molecular complexity index is 995. The Kier molecular flexibility index (Phi) is 2.82. The minimum absolute atomic E-state index is 0.0305. The lowest BCUT2D eigenvalue weighted by Gasteiger charge is -2.08. The zero-order valence-corrected chi connectivity index (χ0v) is 12.0. The van der Waals surface area contributed by atoms with Gasteiger partial charge in [-0.3, -0.25) is 9.36 Å². The van der Waals surface area contributed by atoms with Crippen LogP contribution in [-0.2, 0) is 6.54 Å². The SMILES string of the molecule is O=c1c2sccc2ncn1Cc1cccc2ccccc12. The lowest BCUT2D eigenvalue weighted by atomic mass is 10.0. The summed E-state index contributed by atoms with van der Waals surface area (Å²) in [6.45, 7) is 0.543. The fourth-order valence-electron chi connectivity index (χ4n) is 2.61. The van der Waals surface area contributed by atoms with Crippen molar-refractivity contribution in [1.82, 2.24) is 9.55 Å². The molecule has 21 heavy (non-hydrogen) atoms. The summed E-state index contributed by atoms with van der Waals surface area (Å²) in [4.78, 5) is 16.8. The van der Waals surface area contributed by atoms with Crippen LogP contribution in [0.4, 0.5) is 0 Å². The predicted octanol–water partition coefficient (Wildman–Crippen LogP) is 3.66. The van der Waals surface area contributed by atoms with E-state index in [1.54, 1.807) is 10.9 Å². The highest BCUT2D eigenvalue weighted by Gasteiger charge is 2.07. The van der Waals surface area contributed by atoms with Gasteiger partial charge in [-0.25, -0.2) is 4.98 Å². The fraction of sp³-hybridized carbons (Fsp3) is 0.0588. The molecule has 0 N–H and O–H groups in total. The summed E-state index contributed by atoms with van der Waals surface area (Å²) in [6, 6.07) is 16.3. The number of fused-ring (bicyclic) bond motifs is 2. The number of hydrogen-bond acceptors (Lipinski definition) is 3. The molecule has 0 aliphatic rings. The monoisotopic (exact) mass is 292 g/mol. The van der Waals surface area contributed by atoms with E-state index < -0.39 is 0 Å². The Morgan fingerprint density at radius 3 is 2.86 bits per heavy atom. The van der Waals surface area contributed by atoms with Crippen LogP contribution in [0.3, 0.4) is 0 Å². The smallest absolute Gasteiger partial charge is 0.271 e. The summed E-state index contributed by atoms with van der Waals surface area (Å²) < 4.78 is 2.40. The van der Waals surface area contributed by atoms with Gasteiger partial charge in [0.25, 0.3) is 5.56 Å². The van der Waals surface area contributed by atoms with Crippen molar-refractivity contribution < 1.29 is 0 Å². The van der Waals surface area contributed by atoms with Crippen molar-refractivity contribution in [2.45, 2.75) is 6.54 Å². The molecule has 0 unspecified atom stereocenters. The maximum Gasteiger partial charge on any atom is 0.271 e. The minimum atomic E-state index is 0.0305. The minimum Gasteiger partial charge on any atom is -0.294 e. The predicted molar refractivity (Wildman–Crippen MR) is 86.9 cm³/mol. The van der Waals surface area contributed by atoms with Gasteiger partial charge in [-0.05, 0) is 27.8 Å². The molecule has 0 aliphatic heterocycles. The van der Waals surface area contributed by atoms with Gasteiger partial charge in [0, 0.05) is 0 Å². The molecule has 0 saturated heterocycles. The summed E-state index contributed by atoms with van der Waals surface area (Å²) in [5, 5.41) is 4.27. The van der Waals surface area contributed by atoms with Gasteiger partial charge in [-0.15, -0.1) is 11.3 Å². The molecule has 4 rings (SSSR count). The van der Waals surface area contributed by atoms with Crippen LogP contribution >= 0.6 is 11.3 Å². The summed E-state index contributed by atoms with van der Waals surface area (Å²) in [6.07, 6.45) is 1.64. The number of nitrogens with zero attached hydrogens (tertiary/aromatic N) is 2. The van der Waals surface area contributed by atoms with Gasteiger partial charge in [-0.1, -0.05) is 42.5 Å². The van der Waals surface area contributed by atoms with Gasteiger partial charge < -0.3 is 0 Å². The number of rotatable bonds is 2. The highest BCUT2D eigenvalue weighted by Crippen LogP contribution is 2.19. The van der Waals surface area contributed by atoms with E-state index in [2.05, 4.69) is 29.2 Å². The van der Waals surface area contributed by atoms with Crippen molar-refractivity contribution in [3.05, 3.63) is 76.2 Å². The quantitative estimate of drug-likeness (QED) is 0.565. The molecular formula is C17H12N2OS. The summed E-state index contributed by atoms with van der Waals surface area (Å²) in [7, 11) is 0. The number of hydrogen-bond donors (Lipinski definition) is 0. The number of thiophene rings is 1. The van der Waals surface area contributed by atoms with E-state index in [0.717, 1.165) is 15.8 Å². The summed E-state index contributed by atoms with van der Waals surface area (Å²) in [5.41, 5.74) is 1.94. The van der Waals surface area contributed by atoms with E-state index in [0.29, 0.717) is 6.54 Å². The van der Waals surface area contributed by atoms with Crippen LogP contribution in [0.2, 0.25) is 0 Å². The van der Waals surface area contributed by atoms with E-state index in [1.807, 2.05) is 29.6 Å². The second-order valence-corrected chi connectivity index (χ2v) is 5.87. The second kappa shape index (κ2) is 4.82. The highest BCUT2D eigenvalue weighted by molar-refractivity contribution is 7.17. The number of benzene rings is 2. The third-order valence-corrected chi connectivity index (χ3v) is 4.55. The molecule has 0 atom stereocenters. The third kappa shape index (κ3) is 2.04. The molecule has 2 aromatic heterocycles. The number of aromatic nitrogens is 2. The van der Waals surface area contributed by atoms with Gasteiger partial charge >= 0.3 is 0 Å². The molecule has 0 saturated carbocycles. The average Bonchev–Trinajstić information content (AvgIpc) is 3.00. The van der Waals surface area contributed by atoms with Crippen molar-refractivity contribution >= 4 is 32.3 Å². The van der Waals surface area contributed by atoms with Crippen molar-refractivity contribution in [3.8, 4) is 0 Å². The van der Waals surface area contributed by atoms with Crippen LogP contribution in [0, 0.1) is 0 Å². The van der Waals surface area contributed by atoms with Crippen LogP contribution < -0.4 is 5.56 Å². The van der Waals surface area contributed by atoms with E-state index >= 15 is 0 Å². The Balaban J connectivity index is 1.87. The lowest BCUT2D eigenvalue weighted by Crippen LogP contribution is -2.20. The first-order chi connectivity index (χ1) is 10.3. The van der Waals surface area contributed by atoms with Crippen LogP contribution in [0.5, 0.6) is 0 Å². The highest BCUT2D eigenvalue weighted by atomic mass is 32.1. The summed E-state index contributed by atoms with van der Waals surface area (Å²) in [5.74, 6) is 0. The Morgan fingerprint density at radius 2 is 1.90 bits per heavy atom. The maximum atomic E-state index is 12.5. The first kappa shape index (κ1) is 12.3. The van der Waals surface area contributed by atoms with E-state index in [4.69, 9.17) is 0 Å². The first-order valence-electron chi connectivity index (χ1n) is 6.72. The van der Waals surface area contributed by atoms with Crippen LogP contribution in [-0.4, -0.2) is 9.55 Å². The molecule has 2 aromatic carbocycles. The van der Waals surface area contributed by atoms with Gasteiger partial charge in [-0.2, -0.15) is 0 Å². The zero-order valence-electron chi connectivity index (χ0n) is 11.2. The molecule has 0 bridgehead atoms. The lowest BCUT2D eigenvalue weighted by molar-refractivity contribution is 0.754. The van der Waals surface area contributed by atoms with Crippen LogP contribution in [0.1, 0.15) is 5.56 Å². The normalized spacial score (nSPS) is 11.2. The second-order valence-electron chi connectivity index (χ2n) is 4.95. The van der Waals surface area contributed by atoms with Crippen molar-refractivity contribution in [2.75, 3.05) is 0 Å². The van der Waals surface area contributed by atoms with Gasteiger partial charge in [0.05, 0.1) is 18.4 Å². The van der Waals surface area contributed by atoms with Gasteiger partial charge in [0.15, 0.2) is 0 Å². The maximum absolute atomic E-state index is 12.5. The molecule has 0 aliphatic carbocycles. The van der Waals surface area contributed by atoms with E-state index in [-0.39, 0.29) is 5.56 Å². The topological polar surface area (TPSA) is 34.9 Å². The third-order valence-electron chi connectivity index (χ3n) is 3.66. The van der Waals surface area contributed by atoms with Gasteiger partial charge in [0.1, 0.15) is 4.70 Å². The standard InChI is InChI=1S/C17H12N2OS/c20-17-16-15(8-9-21-16)18-11-19(17)10-13-6-3-5-12-4-1-2-7-14(12)13/h1-9,11H,10H2. The average molecular weight is 292 g/mol. The van der Waals surface area contributed by atoms with E-state index in [1.165, 1.54) is 22.1 Å². The molecule has 2 heterocycles. The molecule has 3 nitrogen and oxygen atoms in total. The molecule has 4 aromatic rings. The zero-order chi connectivity index (χ0) is 14.2. The Labute approximate surface area is 125 Å². The largest absolute Gasteiger partial charge is 0.294 e. The van der Waals surface area contributed by atoms with Crippen molar-refractivity contribution in [2.24, 2.45) is 0 Å². The molecular weight excluding hydrogens is 280 g/mol. The molecule has 0 radical (unpaired) electrons. The molecule has 0 spiro atoms. The van der Waals surface area contributed by atoms with Gasteiger partial charge in [0.2, 0.25) is 0 Å². The Morgan fingerprint density at radius 1 is 1.05 bits per heavy atom. The van der Waals surface area contributed by atoms with Crippen molar-refractivity contribution in [1.29, 1.82) is 0 Å². The van der Waals surface area contributed by atoms with Crippen LogP contribution in [0.15, 0.2) is 65.0 Å². The molecule has 4 heteroatoms. The Hall–Kier alpha value is -2.46. The molecule has 0 amide bonds. The first-order valence-corrected chi connectivity index (χ1v) is 7.60. The van der Waals surface area contributed by atoms with Crippen molar-refractivity contribution in [3.63, 3.8) is 0 Å². The van der Waals surface area contributed by atoms with Crippen LogP contribution in [0.25, 0.3) is 21.0 Å². The van der Waals surface area contributed by atoms with E-state index in [9.17, 15) is 4.79 Å². The molecule has 0 fully saturated rings. The summed E-state index contributed by atoms with van der Waals surface area (Å²) >= 11 is 1.45.